The van der Waals surface area contributed by atoms with Crippen molar-refractivity contribution in [3.63, 3.8) is 0 Å². The first-order valence-corrected chi connectivity index (χ1v) is 27.4. The van der Waals surface area contributed by atoms with Crippen LogP contribution in [-0.4, -0.2) is 125 Å². The quantitative estimate of drug-likeness (QED) is 0.0127. The molecule has 0 aromatic rings. The molecular formula is C47H84O18P2. The van der Waals surface area contributed by atoms with E-state index in [0.717, 1.165) is 51.4 Å². The fourth-order valence-corrected chi connectivity index (χ4v) is 8.78. The maximum Gasteiger partial charge on any atom is 0.472 e. The summed E-state index contributed by atoms with van der Waals surface area (Å²) < 4.78 is 49.2. The van der Waals surface area contributed by atoms with Crippen molar-refractivity contribution < 1.29 is 87.1 Å². The third-order valence-corrected chi connectivity index (χ3v) is 12.6. The Bertz CT molecular complexity index is 1520. The van der Waals surface area contributed by atoms with Gasteiger partial charge in [-0.2, -0.15) is 0 Å². The van der Waals surface area contributed by atoms with Crippen LogP contribution in [0.2, 0.25) is 0 Å². The van der Waals surface area contributed by atoms with Gasteiger partial charge < -0.3 is 54.8 Å². The van der Waals surface area contributed by atoms with Gasteiger partial charge in [0, 0.05) is 12.8 Å². The Balaban J connectivity index is 2.68. The van der Waals surface area contributed by atoms with E-state index < -0.39 is 95.7 Å². The number of esters is 2. The van der Waals surface area contributed by atoms with Crippen molar-refractivity contribution in [1.29, 1.82) is 0 Å². The second-order valence-corrected chi connectivity index (χ2v) is 19.8. The smallest absolute Gasteiger partial charge is 0.462 e. The molecule has 0 aromatic heterocycles. The van der Waals surface area contributed by atoms with Crippen molar-refractivity contribution in [2.75, 3.05) is 13.2 Å². The molecule has 20 heteroatoms. The minimum absolute atomic E-state index is 0.00345. The SMILES string of the molecule is CCCCCCCCCCCCCCCCCC(=O)O[C@H](COC(=O)CCC[C@@H](O)/C=C/C=C\C/C=C\C=C\[C@@H](O)CCCCC)COP(=O)(O)O[C@H]1C(O)C(O)C(O)[C@@H](OP(=O)(O)O)C1O. The van der Waals surface area contributed by atoms with E-state index >= 15 is 0 Å². The lowest BCUT2D eigenvalue weighted by Gasteiger charge is -2.43. The lowest BCUT2D eigenvalue weighted by Crippen LogP contribution is -2.64. The Hall–Kier alpha value is -2.12. The van der Waals surface area contributed by atoms with E-state index in [1.165, 1.54) is 64.2 Å². The highest BCUT2D eigenvalue weighted by molar-refractivity contribution is 7.47. The van der Waals surface area contributed by atoms with E-state index in [2.05, 4.69) is 18.4 Å². The van der Waals surface area contributed by atoms with Gasteiger partial charge in [-0.05, 0) is 32.1 Å². The number of unbranched alkanes of at least 4 members (excludes halogenated alkanes) is 16. The molecule has 1 rings (SSSR count). The van der Waals surface area contributed by atoms with Crippen LogP contribution in [0.15, 0.2) is 48.6 Å². The molecule has 0 amide bonds. The van der Waals surface area contributed by atoms with Gasteiger partial charge in [-0.1, -0.05) is 172 Å². The number of aliphatic hydroxyl groups excluding tert-OH is 6. The molecule has 10 atom stereocenters. The van der Waals surface area contributed by atoms with Crippen molar-refractivity contribution in [3.05, 3.63) is 48.6 Å². The van der Waals surface area contributed by atoms with Gasteiger partial charge >= 0.3 is 27.6 Å². The number of phosphoric ester groups is 2. The van der Waals surface area contributed by atoms with E-state index in [9.17, 15) is 64.0 Å². The maximum absolute atomic E-state index is 13.0. The largest absolute Gasteiger partial charge is 0.472 e. The summed E-state index contributed by atoms with van der Waals surface area (Å²) in [5.74, 6) is -1.43. The van der Waals surface area contributed by atoms with Crippen LogP contribution in [0.4, 0.5) is 0 Å². The van der Waals surface area contributed by atoms with E-state index in [1.807, 2.05) is 24.3 Å². The molecule has 0 heterocycles. The Morgan fingerprint density at radius 1 is 0.537 bits per heavy atom. The molecule has 0 aliphatic heterocycles. The van der Waals surface area contributed by atoms with E-state index in [0.29, 0.717) is 12.8 Å². The number of hydrogen-bond donors (Lipinski definition) is 9. The van der Waals surface area contributed by atoms with Crippen LogP contribution >= 0.6 is 15.6 Å². The zero-order valence-corrected chi connectivity index (χ0v) is 41.6. The van der Waals surface area contributed by atoms with Crippen LogP contribution in [0.3, 0.4) is 0 Å². The fraction of sp³-hybridized carbons (Fsp3) is 0.787. The lowest BCUT2D eigenvalue weighted by molar-refractivity contribution is -0.216. The topological polar surface area (TPSA) is 296 Å². The summed E-state index contributed by atoms with van der Waals surface area (Å²) in [6.07, 6.45) is 19.8. The molecule has 1 aliphatic rings. The van der Waals surface area contributed by atoms with Gasteiger partial charge in [-0.15, -0.1) is 0 Å². The average molecular weight is 999 g/mol. The van der Waals surface area contributed by atoms with Gasteiger partial charge in [-0.3, -0.25) is 23.2 Å². The molecule has 9 N–H and O–H groups in total. The number of carbonyl (C=O) groups is 2. The molecule has 1 saturated carbocycles. The molecule has 5 unspecified atom stereocenters. The highest BCUT2D eigenvalue weighted by atomic mass is 31.2. The molecule has 0 spiro atoms. The number of hydrogen-bond acceptors (Lipinski definition) is 15. The second-order valence-electron chi connectivity index (χ2n) is 17.2. The van der Waals surface area contributed by atoms with Crippen molar-refractivity contribution in [2.24, 2.45) is 0 Å². The number of phosphoric acid groups is 2. The molecule has 1 fully saturated rings. The highest BCUT2D eigenvalue weighted by Gasteiger charge is 2.54. The molecule has 18 nitrogen and oxygen atoms in total. The maximum atomic E-state index is 13.0. The molecule has 0 bridgehead atoms. The summed E-state index contributed by atoms with van der Waals surface area (Å²) in [7, 11) is -10.8. The monoisotopic (exact) mass is 999 g/mol. The van der Waals surface area contributed by atoms with Gasteiger partial charge in [0.05, 0.1) is 18.8 Å². The van der Waals surface area contributed by atoms with E-state index in [-0.39, 0.29) is 25.7 Å². The van der Waals surface area contributed by atoms with Gasteiger partial charge in [0.1, 0.15) is 43.2 Å². The van der Waals surface area contributed by atoms with Crippen LogP contribution in [0.5, 0.6) is 0 Å². The summed E-state index contributed by atoms with van der Waals surface area (Å²) in [5, 5.41) is 61.5. The predicted molar refractivity (Wildman–Crippen MR) is 253 cm³/mol. The zero-order chi connectivity index (χ0) is 49.9. The summed E-state index contributed by atoms with van der Waals surface area (Å²) in [5.41, 5.74) is 0. The Labute approximate surface area is 398 Å². The number of carbonyl (C=O) groups excluding carboxylic acids is 2. The highest BCUT2D eigenvalue weighted by Crippen LogP contribution is 2.49. The number of rotatable bonds is 40. The predicted octanol–water partition coefficient (Wildman–Crippen LogP) is 7.23. The fourth-order valence-electron chi connectivity index (χ4n) is 7.24. The molecule has 0 aromatic carbocycles. The molecule has 0 saturated heterocycles. The Kier molecular flexibility index (Phi) is 35.4. The number of aliphatic hydroxyl groups is 6. The minimum atomic E-state index is -5.39. The van der Waals surface area contributed by atoms with E-state index in [4.69, 9.17) is 18.5 Å². The third kappa shape index (κ3) is 32.4. The van der Waals surface area contributed by atoms with E-state index in [1.54, 1.807) is 24.3 Å². The lowest BCUT2D eigenvalue weighted by atomic mass is 9.85. The molecule has 390 valence electrons. The molecule has 1 aliphatic carbocycles. The van der Waals surface area contributed by atoms with Crippen LogP contribution in [0.25, 0.3) is 0 Å². The molecule has 67 heavy (non-hydrogen) atoms. The standard InChI is InChI=1S/C47H84O18P2/c1-3-5-7-8-9-10-11-12-13-14-15-16-20-23-27-33-41(51)63-39(36-62-67(59,60)65-47-44(54)42(52)43(53)46(45(47)55)64-66(56,57)58)35-61-40(50)34-28-32-38(49)31-26-22-19-17-18-21-25-30-37(48)29-24-6-4-2/h18-19,21-22,25-26,30-31,37-39,42-49,52-55H,3-17,20,23-24,27-29,32-36H2,1-2H3,(H,59,60)(H2,56,57,58)/b21-18-,22-19-,30-25+,31-26+/t37-,38-,39+,42?,43?,44?,45?,46+,47-/m0/s1. The summed E-state index contributed by atoms with van der Waals surface area (Å²) in [6, 6.07) is 0. The second kappa shape index (κ2) is 37.7. The summed E-state index contributed by atoms with van der Waals surface area (Å²) in [4.78, 5) is 54.3. The zero-order valence-electron chi connectivity index (χ0n) is 39.8. The Morgan fingerprint density at radius 2 is 0.985 bits per heavy atom. The molecule has 0 radical (unpaired) electrons. The van der Waals surface area contributed by atoms with Crippen LogP contribution in [-0.2, 0) is 41.8 Å². The van der Waals surface area contributed by atoms with Gasteiger partial charge in [0.25, 0.3) is 0 Å². The van der Waals surface area contributed by atoms with Crippen LogP contribution in [0, 0.1) is 0 Å². The first kappa shape index (κ1) is 62.9. The number of ether oxygens (including phenoxy) is 2. The van der Waals surface area contributed by atoms with Crippen molar-refractivity contribution in [2.45, 2.75) is 223 Å². The first-order chi connectivity index (χ1) is 31.9. The normalized spacial score (nSPS) is 22.7. The number of allylic oxidation sites excluding steroid dienone is 6. The molecular weight excluding hydrogens is 914 g/mol. The van der Waals surface area contributed by atoms with Crippen LogP contribution in [0.1, 0.15) is 168 Å². The average Bonchev–Trinajstić information content (AvgIpc) is 3.27. The van der Waals surface area contributed by atoms with Crippen LogP contribution < -0.4 is 0 Å². The Morgan fingerprint density at radius 3 is 1.49 bits per heavy atom. The third-order valence-electron chi connectivity index (χ3n) is 11.1. The van der Waals surface area contributed by atoms with Crippen molar-refractivity contribution in [1.82, 2.24) is 0 Å². The van der Waals surface area contributed by atoms with Crippen molar-refractivity contribution >= 4 is 27.6 Å². The summed E-state index contributed by atoms with van der Waals surface area (Å²) in [6.45, 7) is 2.82. The van der Waals surface area contributed by atoms with Gasteiger partial charge in [-0.25, -0.2) is 9.13 Å². The first-order valence-electron chi connectivity index (χ1n) is 24.4. The minimum Gasteiger partial charge on any atom is -0.462 e. The van der Waals surface area contributed by atoms with Gasteiger partial charge in [0.2, 0.25) is 0 Å². The van der Waals surface area contributed by atoms with Crippen molar-refractivity contribution in [3.8, 4) is 0 Å². The van der Waals surface area contributed by atoms with Gasteiger partial charge in [0.15, 0.2) is 6.10 Å². The summed E-state index contributed by atoms with van der Waals surface area (Å²) >= 11 is 0.